The molecule has 0 amide bonds. The molecule has 3 aromatic carbocycles. The highest BCUT2D eigenvalue weighted by Gasteiger charge is 2.39. The van der Waals surface area contributed by atoms with E-state index in [2.05, 4.69) is 129 Å². The first-order chi connectivity index (χ1) is 14.5. The first-order valence-electron chi connectivity index (χ1n) is 10.7. The van der Waals surface area contributed by atoms with E-state index < -0.39 is 0 Å². The Balaban J connectivity index is 1.57. The van der Waals surface area contributed by atoms with Crippen molar-refractivity contribution in [3.05, 3.63) is 89.5 Å². The monoisotopic (exact) mass is 450 g/mol. The topological polar surface area (TPSA) is 0 Å². The molecule has 1 aliphatic carbocycles. The zero-order valence-corrected chi connectivity index (χ0v) is 20.5. The summed E-state index contributed by atoms with van der Waals surface area (Å²) in [5, 5.41) is 0.664. The lowest BCUT2D eigenvalue weighted by molar-refractivity contribution is 0.502. The van der Waals surface area contributed by atoms with Crippen molar-refractivity contribution in [2.24, 2.45) is 0 Å². The average molecular weight is 451 g/mol. The van der Waals surface area contributed by atoms with Crippen LogP contribution in [-0.2, 0) is 0 Å². The third-order valence-corrected chi connectivity index (χ3v) is 9.88. The van der Waals surface area contributed by atoms with Crippen LogP contribution >= 0.6 is 35.3 Å². The van der Waals surface area contributed by atoms with Crippen LogP contribution < -0.4 is 0 Å². The van der Waals surface area contributed by atoms with Crippen LogP contribution in [0, 0.1) is 20.8 Å². The second kappa shape index (κ2) is 9.89. The van der Waals surface area contributed by atoms with Crippen molar-refractivity contribution >= 4 is 35.3 Å². The lowest BCUT2D eigenvalue weighted by Crippen LogP contribution is -2.30. The van der Waals surface area contributed by atoms with Gasteiger partial charge in [-0.2, -0.15) is 0 Å². The zero-order valence-electron chi connectivity index (χ0n) is 18.1. The standard InChI is InChI=1S/C27H30S3/c1-20-6-12-23(13-7-20)28-26-5-4-18-27(19-26,29-24-14-8-21(2)9-15-24)30-25-16-10-22(3)11-17-25/h6-17,26H,4-5,18-19H2,1-3H3. The van der Waals surface area contributed by atoms with Crippen molar-refractivity contribution in [3.8, 4) is 0 Å². The fourth-order valence-corrected chi connectivity index (χ4v) is 8.66. The Morgan fingerprint density at radius 2 is 1.07 bits per heavy atom. The Labute approximate surface area is 194 Å². The molecule has 0 bridgehead atoms. The van der Waals surface area contributed by atoms with Crippen LogP contribution in [0.25, 0.3) is 0 Å². The van der Waals surface area contributed by atoms with Crippen LogP contribution in [0.4, 0.5) is 0 Å². The van der Waals surface area contributed by atoms with Crippen molar-refractivity contribution in [1.29, 1.82) is 0 Å². The number of aryl methyl sites for hydroxylation is 3. The number of thioether (sulfide) groups is 3. The lowest BCUT2D eigenvalue weighted by Gasteiger charge is -2.40. The Bertz CT molecular complexity index is 895. The Morgan fingerprint density at radius 3 is 1.53 bits per heavy atom. The molecule has 156 valence electrons. The molecule has 0 radical (unpaired) electrons. The lowest BCUT2D eigenvalue weighted by atomic mass is 9.99. The number of hydrogen-bond donors (Lipinski definition) is 0. The Morgan fingerprint density at radius 1 is 0.633 bits per heavy atom. The maximum absolute atomic E-state index is 2.30. The smallest absolute Gasteiger partial charge is 0.0715 e. The van der Waals surface area contributed by atoms with Crippen molar-refractivity contribution in [2.75, 3.05) is 0 Å². The van der Waals surface area contributed by atoms with Crippen molar-refractivity contribution in [3.63, 3.8) is 0 Å². The van der Waals surface area contributed by atoms with Gasteiger partial charge in [-0.1, -0.05) is 59.5 Å². The van der Waals surface area contributed by atoms with E-state index in [0.29, 0.717) is 5.25 Å². The van der Waals surface area contributed by atoms with Crippen LogP contribution in [0.15, 0.2) is 87.5 Å². The van der Waals surface area contributed by atoms with Gasteiger partial charge in [-0.25, -0.2) is 0 Å². The third kappa shape index (κ3) is 5.90. The summed E-state index contributed by atoms with van der Waals surface area (Å²) in [7, 11) is 0. The SMILES string of the molecule is Cc1ccc(SC2CCCC(Sc3ccc(C)cc3)(Sc3ccc(C)cc3)C2)cc1. The molecule has 4 rings (SSSR count). The van der Waals surface area contributed by atoms with Crippen LogP contribution in [-0.4, -0.2) is 9.33 Å². The normalized spacial score (nSPS) is 18.3. The van der Waals surface area contributed by atoms with Crippen LogP contribution in [0.3, 0.4) is 0 Å². The predicted molar refractivity (Wildman–Crippen MR) is 136 cm³/mol. The maximum atomic E-state index is 2.30. The molecule has 3 heteroatoms. The molecule has 1 aliphatic rings. The highest BCUT2D eigenvalue weighted by molar-refractivity contribution is 8.18. The molecule has 1 unspecified atom stereocenters. The number of benzene rings is 3. The molecular weight excluding hydrogens is 420 g/mol. The van der Waals surface area contributed by atoms with Crippen LogP contribution in [0.2, 0.25) is 0 Å². The molecule has 1 atom stereocenters. The van der Waals surface area contributed by atoms with Gasteiger partial charge in [0.05, 0.1) is 4.08 Å². The Hall–Kier alpha value is -1.29. The van der Waals surface area contributed by atoms with E-state index in [1.807, 2.05) is 0 Å². The molecule has 1 fully saturated rings. The van der Waals surface area contributed by atoms with E-state index in [0.717, 1.165) is 0 Å². The quantitative estimate of drug-likeness (QED) is 0.344. The molecule has 30 heavy (non-hydrogen) atoms. The van der Waals surface area contributed by atoms with Gasteiger partial charge in [0, 0.05) is 19.9 Å². The van der Waals surface area contributed by atoms with E-state index in [-0.39, 0.29) is 4.08 Å². The van der Waals surface area contributed by atoms with Crippen molar-refractivity contribution < 1.29 is 0 Å². The van der Waals surface area contributed by atoms with E-state index in [4.69, 9.17) is 0 Å². The zero-order chi connectivity index (χ0) is 21.0. The minimum atomic E-state index is 0.186. The highest BCUT2D eigenvalue weighted by Crippen LogP contribution is 2.56. The summed E-state index contributed by atoms with van der Waals surface area (Å²) >= 11 is 6.25. The minimum absolute atomic E-state index is 0.186. The highest BCUT2D eigenvalue weighted by atomic mass is 32.2. The van der Waals surface area contributed by atoms with Gasteiger partial charge in [0.25, 0.3) is 0 Å². The summed E-state index contributed by atoms with van der Waals surface area (Å²) in [6.45, 7) is 6.50. The molecule has 0 aromatic heterocycles. The molecule has 0 aliphatic heterocycles. The van der Waals surface area contributed by atoms with Gasteiger partial charge in [-0.3, -0.25) is 0 Å². The van der Waals surface area contributed by atoms with E-state index in [9.17, 15) is 0 Å². The Kier molecular flexibility index (Phi) is 7.23. The summed E-state index contributed by atoms with van der Waals surface area (Å²) in [5.74, 6) is 0. The minimum Gasteiger partial charge on any atom is -0.123 e. The molecule has 3 aromatic rings. The molecular formula is C27H30S3. The maximum Gasteiger partial charge on any atom is 0.0715 e. The van der Waals surface area contributed by atoms with Gasteiger partial charge in [-0.15, -0.1) is 35.3 Å². The first-order valence-corrected chi connectivity index (χ1v) is 13.3. The van der Waals surface area contributed by atoms with Gasteiger partial charge < -0.3 is 0 Å². The predicted octanol–water partition coefficient (Wildman–Crippen LogP) is 8.93. The van der Waals surface area contributed by atoms with E-state index in [1.54, 1.807) is 0 Å². The van der Waals surface area contributed by atoms with Gasteiger partial charge >= 0.3 is 0 Å². The van der Waals surface area contributed by atoms with Gasteiger partial charge in [0.2, 0.25) is 0 Å². The number of rotatable bonds is 6. The third-order valence-electron chi connectivity index (χ3n) is 5.60. The summed E-state index contributed by atoms with van der Waals surface area (Å²) in [6, 6.07) is 27.2. The van der Waals surface area contributed by atoms with Gasteiger partial charge in [0.15, 0.2) is 0 Å². The molecule has 0 heterocycles. The van der Waals surface area contributed by atoms with Crippen molar-refractivity contribution in [2.45, 2.75) is 70.5 Å². The first kappa shape index (κ1) is 21.9. The molecule has 0 spiro atoms. The van der Waals surface area contributed by atoms with Gasteiger partial charge in [0.1, 0.15) is 0 Å². The molecule has 0 nitrogen and oxygen atoms in total. The summed E-state index contributed by atoms with van der Waals surface area (Å²) in [6.07, 6.45) is 5.09. The molecule has 0 saturated heterocycles. The second-order valence-corrected chi connectivity index (χ2v) is 12.9. The van der Waals surface area contributed by atoms with E-state index in [1.165, 1.54) is 57.1 Å². The number of hydrogen-bond acceptors (Lipinski definition) is 3. The molecule has 0 N–H and O–H groups in total. The fourth-order valence-electron chi connectivity index (χ4n) is 3.91. The van der Waals surface area contributed by atoms with Crippen LogP contribution in [0.1, 0.15) is 42.4 Å². The van der Waals surface area contributed by atoms with Crippen molar-refractivity contribution in [1.82, 2.24) is 0 Å². The average Bonchev–Trinajstić information content (AvgIpc) is 2.73. The van der Waals surface area contributed by atoms with Gasteiger partial charge in [-0.05, 0) is 76.4 Å². The summed E-state index contributed by atoms with van der Waals surface area (Å²) < 4.78 is 0.186. The second-order valence-electron chi connectivity index (χ2n) is 8.39. The van der Waals surface area contributed by atoms with E-state index >= 15 is 0 Å². The molecule has 1 saturated carbocycles. The fraction of sp³-hybridized carbons (Fsp3) is 0.333. The summed E-state index contributed by atoms with van der Waals surface area (Å²) in [4.78, 5) is 4.18. The van der Waals surface area contributed by atoms with Crippen LogP contribution in [0.5, 0.6) is 0 Å². The largest absolute Gasteiger partial charge is 0.123 e. The summed E-state index contributed by atoms with van der Waals surface area (Å²) in [5.41, 5.74) is 3.99.